The van der Waals surface area contributed by atoms with Gasteiger partial charge in [0.05, 0.1) is 72.0 Å². The first-order valence-corrected chi connectivity index (χ1v) is 18.4. The van der Waals surface area contributed by atoms with Crippen molar-refractivity contribution < 1.29 is 18.9 Å². The first kappa shape index (κ1) is 36.1. The largest absolute Gasteiger partial charge is 0.491 e. The van der Waals surface area contributed by atoms with Crippen molar-refractivity contribution in [2.24, 2.45) is 0 Å². The molecule has 0 amide bonds. The van der Waals surface area contributed by atoms with Crippen molar-refractivity contribution in [2.75, 3.05) is 26.4 Å². The Labute approximate surface area is 324 Å². The lowest BCUT2D eigenvalue weighted by molar-refractivity contribution is 0.0888. The standard InChI is InChI=1S/C46H38N6O4/c1-5-17-47-39(9-1)43-27-37(28-44(51-43)40-10-2-6-18-48-40)55-23-21-53-31-33-13-15-35-16-14-34(26-36(35)25-33)32-54-22-24-56-38-29-45(41-11-3-7-19-49-41)52-46(30-38)42-12-4-8-20-50-42/h1-20,25-30H,21-24,31-32H2. The molecule has 0 aliphatic heterocycles. The van der Waals surface area contributed by atoms with E-state index >= 15 is 0 Å². The van der Waals surface area contributed by atoms with Crippen molar-refractivity contribution in [1.29, 1.82) is 0 Å². The summed E-state index contributed by atoms with van der Waals surface area (Å²) < 4.78 is 24.3. The normalized spacial score (nSPS) is 11.1. The Kier molecular flexibility index (Phi) is 11.6. The Balaban J connectivity index is 0.832. The average molecular weight is 739 g/mol. The highest BCUT2D eigenvalue weighted by atomic mass is 16.5. The third kappa shape index (κ3) is 9.43. The predicted molar refractivity (Wildman–Crippen MR) is 216 cm³/mol. The van der Waals surface area contributed by atoms with Gasteiger partial charge in [-0.05, 0) is 82.6 Å². The highest BCUT2D eigenvalue weighted by Crippen LogP contribution is 2.28. The second-order valence-corrected chi connectivity index (χ2v) is 12.8. The smallest absolute Gasteiger partial charge is 0.123 e. The van der Waals surface area contributed by atoms with Crippen LogP contribution in [0.15, 0.2) is 158 Å². The molecule has 0 atom stereocenters. The van der Waals surface area contributed by atoms with Crippen LogP contribution in [0, 0.1) is 0 Å². The second-order valence-electron chi connectivity index (χ2n) is 12.8. The van der Waals surface area contributed by atoms with Gasteiger partial charge in [0, 0.05) is 49.1 Å². The summed E-state index contributed by atoms with van der Waals surface area (Å²) >= 11 is 0. The summed E-state index contributed by atoms with van der Waals surface area (Å²) in [6.45, 7) is 2.52. The summed E-state index contributed by atoms with van der Waals surface area (Å²) in [6.07, 6.45) is 7.01. The lowest BCUT2D eigenvalue weighted by Crippen LogP contribution is -2.07. The van der Waals surface area contributed by atoms with E-state index in [-0.39, 0.29) is 0 Å². The van der Waals surface area contributed by atoms with Gasteiger partial charge < -0.3 is 18.9 Å². The van der Waals surface area contributed by atoms with Gasteiger partial charge in [0.2, 0.25) is 0 Å². The predicted octanol–water partition coefficient (Wildman–Crippen LogP) is 9.07. The molecular weight excluding hydrogens is 701 g/mol. The van der Waals surface area contributed by atoms with Gasteiger partial charge in [-0.2, -0.15) is 0 Å². The second kappa shape index (κ2) is 18.0. The van der Waals surface area contributed by atoms with E-state index in [0.29, 0.717) is 51.1 Å². The molecule has 2 aromatic carbocycles. The molecule has 0 saturated carbocycles. The molecule has 10 heteroatoms. The summed E-state index contributed by atoms with van der Waals surface area (Å²) in [5, 5.41) is 2.28. The molecule has 0 unspecified atom stereocenters. The minimum atomic E-state index is 0.379. The van der Waals surface area contributed by atoms with Crippen LogP contribution in [-0.2, 0) is 22.7 Å². The molecule has 6 aromatic heterocycles. The van der Waals surface area contributed by atoms with Crippen LogP contribution in [-0.4, -0.2) is 56.3 Å². The SMILES string of the molecule is c1ccc(-c2cc(OCCOCc3ccc4ccc(COCCOc5cc(-c6ccccn6)nc(-c6ccccn6)c5)cc4c3)cc(-c3ccccn3)n2)nc1. The van der Waals surface area contributed by atoms with Crippen LogP contribution in [0.1, 0.15) is 11.1 Å². The van der Waals surface area contributed by atoms with E-state index in [1.807, 2.05) is 97.1 Å². The monoisotopic (exact) mass is 738 g/mol. The number of nitrogens with zero attached hydrogens (tertiary/aromatic N) is 6. The fourth-order valence-electron chi connectivity index (χ4n) is 6.10. The molecule has 0 N–H and O–H groups in total. The number of fused-ring (bicyclic) bond motifs is 1. The molecule has 10 nitrogen and oxygen atoms in total. The van der Waals surface area contributed by atoms with Crippen molar-refractivity contribution in [2.45, 2.75) is 13.2 Å². The van der Waals surface area contributed by atoms with E-state index in [0.717, 1.165) is 67.5 Å². The van der Waals surface area contributed by atoms with Gasteiger partial charge >= 0.3 is 0 Å². The minimum absolute atomic E-state index is 0.379. The van der Waals surface area contributed by atoms with Crippen LogP contribution in [0.5, 0.6) is 11.5 Å². The third-order valence-corrected chi connectivity index (χ3v) is 8.81. The van der Waals surface area contributed by atoms with Crippen LogP contribution in [0.4, 0.5) is 0 Å². The molecular formula is C46H38N6O4. The van der Waals surface area contributed by atoms with E-state index in [9.17, 15) is 0 Å². The van der Waals surface area contributed by atoms with E-state index < -0.39 is 0 Å². The third-order valence-electron chi connectivity index (χ3n) is 8.81. The average Bonchev–Trinajstić information content (AvgIpc) is 3.27. The van der Waals surface area contributed by atoms with E-state index in [2.05, 4.69) is 56.3 Å². The van der Waals surface area contributed by atoms with Gasteiger partial charge in [0.25, 0.3) is 0 Å². The minimum Gasteiger partial charge on any atom is -0.491 e. The molecule has 276 valence electrons. The summed E-state index contributed by atoms with van der Waals surface area (Å²) in [4.78, 5) is 27.5. The van der Waals surface area contributed by atoms with Gasteiger partial charge in [0.1, 0.15) is 24.7 Å². The zero-order valence-corrected chi connectivity index (χ0v) is 30.6. The number of hydrogen-bond donors (Lipinski definition) is 0. The summed E-state index contributed by atoms with van der Waals surface area (Å²) in [5.41, 5.74) is 8.08. The number of benzene rings is 2. The van der Waals surface area contributed by atoms with Gasteiger partial charge in [0.15, 0.2) is 0 Å². The Morgan fingerprint density at radius 3 is 1.05 bits per heavy atom. The van der Waals surface area contributed by atoms with Crippen LogP contribution in [0.2, 0.25) is 0 Å². The zero-order chi connectivity index (χ0) is 37.8. The van der Waals surface area contributed by atoms with Gasteiger partial charge in [-0.15, -0.1) is 0 Å². The molecule has 0 aliphatic rings. The molecule has 6 heterocycles. The van der Waals surface area contributed by atoms with Crippen LogP contribution in [0.25, 0.3) is 56.3 Å². The molecule has 8 aromatic rings. The van der Waals surface area contributed by atoms with E-state index in [4.69, 9.17) is 28.9 Å². The van der Waals surface area contributed by atoms with Gasteiger partial charge in [-0.3, -0.25) is 19.9 Å². The highest BCUT2D eigenvalue weighted by Gasteiger charge is 2.12. The lowest BCUT2D eigenvalue weighted by Gasteiger charge is -2.12. The number of rotatable bonds is 16. The topological polar surface area (TPSA) is 114 Å². The van der Waals surface area contributed by atoms with Crippen molar-refractivity contribution in [3.63, 3.8) is 0 Å². The quantitative estimate of drug-likeness (QED) is 0.0890. The van der Waals surface area contributed by atoms with Gasteiger partial charge in [-0.25, -0.2) is 9.97 Å². The van der Waals surface area contributed by atoms with Crippen molar-refractivity contribution in [3.8, 4) is 57.1 Å². The number of ether oxygens (including phenoxy) is 4. The molecule has 0 spiro atoms. The number of hydrogen-bond acceptors (Lipinski definition) is 10. The van der Waals surface area contributed by atoms with Gasteiger partial charge in [-0.1, -0.05) is 48.5 Å². The Bertz CT molecular complexity index is 2200. The first-order valence-electron chi connectivity index (χ1n) is 18.4. The fourth-order valence-corrected chi connectivity index (χ4v) is 6.10. The maximum atomic E-state index is 6.13. The van der Waals surface area contributed by atoms with E-state index in [1.54, 1.807) is 24.8 Å². The zero-order valence-electron chi connectivity index (χ0n) is 30.6. The highest BCUT2D eigenvalue weighted by molar-refractivity contribution is 5.83. The Hall–Kier alpha value is -6.88. The summed E-state index contributed by atoms with van der Waals surface area (Å²) in [7, 11) is 0. The Morgan fingerprint density at radius 2 is 0.714 bits per heavy atom. The Morgan fingerprint density at radius 1 is 0.339 bits per heavy atom. The van der Waals surface area contributed by atoms with Crippen LogP contribution >= 0.6 is 0 Å². The van der Waals surface area contributed by atoms with E-state index in [1.165, 1.54) is 0 Å². The first-order chi connectivity index (χ1) is 27.7. The number of pyridine rings is 6. The lowest BCUT2D eigenvalue weighted by atomic mass is 10.0. The molecule has 0 aliphatic carbocycles. The molecule has 0 saturated heterocycles. The summed E-state index contributed by atoms with van der Waals surface area (Å²) in [6, 6.07) is 43.3. The maximum Gasteiger partial charge on any atom is 0.123 e. The maximum absolute atomic E-state index is 6.13. The van der Waals surface area contributed by atoms with Crippen molar-refractivity contribution >= 4 is 10.8 Å². The van der Waals surface area contributed by atoms with Crippen LogP contribution < -0.4 is 9.47 Å². The van der Waals surface area contributed by atoms with Crippen molar-refractivity contribution in [1.82, 2.24) is 29.9 Å². The molecule has 0 radical (unpaired) electrons. The molecule has 0 fully saturated rings. The van der Waals surface area contributed by atoms with Crippen molar-refractivity contribution in [3.05, 3.63) is 169 Å². The molecule has 56 heavy (non-hydrogen) atoms. The number of aromatic nitrogens is 6. The fraction of sp³-hybridized carbons (Fsp3) is 0.130. The molecule has 0 bridgehead atoms. The summed E-state index contributed by atoms with van der Waals surface area (Å²) in [5.74, 6) is 1.36. The van der Waals surface area contributed by atoms with Crippen LogP contribution in [0.3, 0.4) is 0 Å². The molecule has 8 rings (SSSR count).